The van der Waals surface area contributed by atoms with Crippen LogP contribution < -0.4 is 10.0 Å². The lowest BCUT2D eigenvalue weighted by atomic mass is 10.0. The van der Waals surface area contributed by atoms with Crippen LogP contribution in [0.25, 0.3) is 0 Å². The molecule has 0 amide bonds. The molecule has 0 saturated carbocycles. The normalized spacial score (nSPS) is 15.3. The topological polar surface area (TPSA) is 71.3 Å². The molecule has 2 N–H and O–H groups in total. The Morgan fingerprint density at radius 3 is 2.43 bits per heavy atom. The summed E-state index contributed by atoms with van der Waals surface area (Å²) >= 11 is 0. The first-order chi connectivity index (χ1) is 9.74. The second-order valence-electron chi connectivity index (χ2n) is 6.03. The molecule has 21 heavy (non-hydrogen) atoms. The Labute approximate surface area is 128 Å². The fourth-order valence-corrected chi connectivity index (χ4v) is 3.25. The molecule has 0 aromatic carbocycles. The largest absolute Gasteiger partial charge is 0.447 e. The van der Waals surface area contributed by atoms with Gasteiger partial charge in [-0.3, -0.25) is 0 Å². The van der Waals surface area contributed by atoms with Crippen molar-refractivity contribution < 1.29 is 12.8 Å². The highest BCUT2D eigenvalue weighted by molar-refractivity contribution is 7.89. The fraction of sp³-hybridized carbons (Fsp3) is 0.733. The molecule has 2 unspecified atom stereocenters. The van der Waals surface area contributed by atoms with Crippen molar-refractivity contribution in [2.24, 2.45) is 5.92 Å². The van der Waals surface area contributed by atoms with Crippen molar-refractivity contribution in [2.45, 2.75) is 71.2 Å². The van der Waals surface area contributed by atoms with E-state index in [1.807, 2.05) is 20.8 Å². The first-order valence-electron chi connectivity index (χ1n) is 7.59. The van der Waals surface area contributed by atoms with E-state index in [9.17, 15) is 8.42 Å². The first-order valence-corrected chi connectivity index (χ1v) is 9.07. The van der Waals surface area contributed by atoms with E-state index in [1.54, 1.807) is 6.07 Å². The number of nitrogens with one attached hydrogen (secondary N) is 2. The van der Waals surface area contributed by atoms with E-state index < -0.39 is 10.0 Å². The van der Waals surface area contributed by atoms with Crippen molar-refractivity contribution in [1.29, 1.82) is 0 Å². The maximum Gasteiger partial charge on any atom is 0.274 e. The number of furan rings is 1. The average Bonchev–Trinajstić information content (AvgIpc) is 2.84. The van der Waals surface area contributed by atoms with Crippen LogP contribution in [-0.2, 0) is 16.6 Å². The predicted octanol–water partition coefficient (Wildman–Crippen LogP) is 2.88. The molecular weight excluding hydrogens is 288 g/mol. The second-order valence-corrected chi connectivity index (χ2v) is 7.67. The summed E-state index contributed by atoms with van der Waals surface area (Å²) < 4.78 is 32.6. The van der Waals surface area contributed by atoms with E-state index >= 15 is 0 Å². The van der Waals surface area contributed by atoms with E-state index in [4.69, 9.17) is 4.42 Å². The zero-order chi connectivity index (χ0) is 16.0. The Balaban J connectivity index is 2.66. The summed E-state index contributed by atoms with van der Waals surface area (Å²) in [5, 5.41) is 3.18. The lowest BCUT2D eigenvalue weighted by molar-refractivity contribution is 0.387. The number of hydrogen-bond acceptors (Lipinski definition) is 4. The molecule has 122 valence electrons. The number of rotatable bonds is 9. The molecule has 6 heteroatoms. The quantitative estimate of drug-likeness (QED) is 0.735. The molecule has 1 heterocycles. The van der Waals surface area contributed by atoms with Gasteiger partial charge in [0.1, 0.15) is 5.76 Å². The van der Waals surface area contributed by atoms with E-state index in [2.05, 4.69) is 23.9 Å². The Kier molecular flexibility index (Phi) is 6.90. The van der Waals surface area contributed by atoms with Gasteiger partial charge in [-0.1, -0.05) is 34.1 Å². The van der Waals surface area contributed by atoms with Crippen LogP contribution in [0.2, 0.25) is 0 Å². The van der Waals surface area contributed by atoms with Gasteiger partial charge in [0, 0.05) is 12.1 Å². The Morgan fingerprint density at radius 1 is 1.19 bits per heavy atom. The van der Waals surface area contributed by atoms with Crippen LogP contribution in [-0.4, -0.2) is 20.5 Å². The molecule has 1 aromatic rings. The molecule has 0 fully saturated rings. The van der Waals surface area contributed by atoms with Gasteiger partial charge in [-0.05, 0) is 31.4 Å². The SMILES string of the molecule is CCC(C)CC(C)NS(=O)(=O)c1ccc(CNC(C)C)o1. The van der Waals surface area contributed by atoms with Crippen LogP contribution in [0.15, 0.2) is 21.6 Å². The van der Waals surface area contributed by atoms with Gasteiger partial charge in [0.2, 0.25) is 5.09 Å². The van der Waals surface area contributed by atoms with Gasteiger partial charge in [-0.25, -0.2) is 13.1 Å². The minimum Gasteiger partial charge on any atom is -0.447 e. The highest BCUT2D eigenvalue weighted by Crippen LogP contribution is 2.16. The van der Waals surface area contributed by atoms with Gasteiger partial charge < -0.3 is 9.73 Å². The lowest BCUT2D eigenvalue weighted by Crippen LogP contribution is -2.33. The van der Waals surface area contributed by atoms with E-state index in [-0.39, 0.29) is 11.1 Å². The van der Waals surface area contributed by atoms with Crippen LogP contribution in [0.1, 0.15) is 53.2 Å². The van der Waals surface area contributed by atoms with Crippen LogP contribution in [0.5, 0.6) is 0 Å². The van der Waals surface area contributed by atoms with Crippen molar-refractivity contribution in [3.8, 4) is 0 Å². The number of sulfonamides is 1. The molecule has 1 aromatic heterocycles. The smallest absolute Gasteiger partial charge is 0.274 e. The summed E-state index contributed by atoms with van der Waals surface area (Å²) in [6.45, 7) is 10.7. The highest BCUT2D eigenvalue weighted by Gasteiger charge is 2.22. The Bertz CT molecular complexity index is 523. The summed E-state index contributed by atoms with van der Waals surface area (Å²) in [7, 11) is -3.58. The average molecular weight is 316 g/mol. The van der Waals surface area contributed by atoms with Crippen LogP contribution in [0.4, 0.5) is 0 Å². The summed E-state index contributed by atoms with van der Waals surface area (Å²) in [6.07, 6.45) is 1.86. The molecule has 0 bridgehead atoms. The molecule has 1 rings (SSSR count). The van der Waals surface area contributed by atoms with Crippen molar-refractivity contribution in [2.75, 3.05) is 0 Å². The summed E-state index contributed by atoms with van der Waals surface area (Å²) in [5.41, 5.74) is 0. The van der Waals surface area contributed by atoms with Crippen molar-refractivity contribution in [1.82, 2.24) is 10.0 Å². The van der Waals surface area contributed by atoms with Gasteiger partial charge in [0.15, 0.2) is 0 Å². The summed E-state index contributed by atoms with van der Waals surface area (Å²) in [5.74, 6) is 1.11. The standard InChI is InChI=1S/C15H28N2O3S/c1-6-12(4)9-13(5)17-21(18,19)15-8-7-14(20-15)10-16-11(2)3/h7-8,11-13,16-17H,6,9-10H2,1-5H3. The van der Waals surface area contributed by atoms with E-state index in [0.29, 0.717) is 24.3 Å². The van der Waals surface area contributed by atoms with Crippen LogP contribution in [0.3, 0.4) is 0 Å². The first kappa shape index (κ1) is 18.2. The molecule has 0 aliphatic heterocycles. The monoisotopic (exact) mass is 316 g/mol. The van der Waals surface area contributed by atoms with Gasteiger partial charge in [0.25, 0.3) is 10.0 Å². The minimum atomic E-state index is -3.58. The van der Waals surface area contributed by atoms with E-state index in [0.717, 1.165) is 12.8 Å². The lowest BCUT2D eigenvalue weighted by Gasteiger charge is -2.16. The van der Waals surface area contributed by atoms with Crippen LogP contribution in [0, 0.1) is 5.92 Å². The third-order valence-electron chi connectivity index (χ3n) is 3.40. The second kappa shape index (κ2) is 7.96. The molecule has 0 aliphatic rings. The summed E-state index contributed by atoms with van der Waals surface area (Å²) in [4.78, 5) is 0. The van der Waals surface area contributed by atoms with Crippen molar-refractivity contribution >= 4 is 10.0 Å². The minimum absolute atomic E-state index is 0.0148. The molecule has 5 nitrogen and oxygen atoms in total. The third-order valence-corrected chi connectivity index (χ3v) is 4.86. The predicted molar refractivity (Wildman–Crippen MR) is 84.5 cm³/mol. The maximum atomic E-state index is 12.2. The Hall–Kier alpha value is -0.850. The zero-order valence-electron chi connectivity index (χ0n) is 13.6. The van der Waals surface area contributed by atoms with Gasteiger partial charge >= 0.3 is 0 Å². The van der Waals surface area contributed by atoms with Gasteiger partial charge in [0.05, 0.1) is 6.54 Å². The van der Waals surface area contributed by atoms with Gasteiger partial charge in [-0.15, -0.1) is 0 Å². The van der Waals surface area contributed by atoms with Crippen molar-refractivity contribution in [3.63, 3.8) is 0 Å². The molecule has 0 radical (unpaired) electrons. The zero-order valence-corrected chi connectivity index (χ0v) is 14.5. The molecule has 2 atom stereocenters. The molecule has 0 aliphatic carbocycles. The summed E-state index contributed by atoms with van der Waals surface area (Å²) in [6, 6.07) is 3.43. The third kappa shape index (κ3) is 6.20. The fourth-order valence-electron chi connectivity index (χ4n) is 2.04. The van der Waals surface area contributed by atoms with Crippen LogP contribution >= 0.6 is 0 Å². The van der Waals surface area contributed by atoms with Crippen molar-refractivity contribution in [3.05, 3.63) is 17.9 Å². The van der Waals surface area contributed by atoms with E-state index in [1.165, 1.54) is 6.07 Å². The molecule has 0 spiro atoms. The highest BCUT2D eigenvalue weighted by atomic mass is 32.2. The Morgan fingerprint density at radius 2 is 1.86 bits per heavy atom. The molecular formula is C15H28N2O3S. The van der Waals surface area contributed by atoms with Gasteiger partial charge in [-0.2, -0.15) is 0 Å². The number of hydrogen-bond donors (Lipinski definition) is 2. The molecule has 0 saturated heterocycles. The maximum absolute atomic E-state index is 12.2.